The molecule has 3 N–H and O–H groups in total. The van der Waals surface area contributed by atoms with Crippen LogP contribution in [0.2, 0.25) is 0 Å². The van der Waals surface area contributed by atoms with E-state index in [2.05, 4.69) is 21.2 Å². The fourth-order valence-corrected chi connectivity index (χ4v) is 2.25. The largest absolute Gasteiger partial charge is 0.496 e. The van der Waals surface area contributed by atoms with Crippen molar-refractivity contribution in [2.45, 2.75) is 33.4 Å². The van der Waals surface area contributed by atoms with Crippen LogP contribution in [0.25, 0.3) is 0 Å². The Hall–Kier alpha value is -1.07. The highest BCUT2D eigenvalue weighted by Gasteiger charge is 2.29. The number of amides is 1. The van der Waals surface area contributed by atoms with Crippen molar-refractivity contribution < 1.29 is 9.53 Å². The molecule has 106 valence electrons. The van der Waals surface area contributed by atoms with Gasteiger partial charge in [-0.1, -0.05) is 42.8 Å². The van der Waals surface area contributed by atoms with E-state index < -0.39 is 0 Å². The number of halogens is 1. The summed E-state index contributed by atoms with van der Waals surface area (Å²) in [6, 6.07) is 5.40. The van der Waals surface area contributed by atoms with E-state index in [1.807, 2.05) is 39.0 Å². The van der Waals surface area contributed by atoms with Crippen molar-refractivity contribution in [2.24, 2.45) is 11.1 Å². The Bertz CT molecular complexity index is 455. The molecule has 0 bridgehead atoms. The second-order valence-electron chi connectivity index (χ2n) is 5.54. The topological polar surface area (TPSA) is 64.3 Å². The number of ether oxygens (including phenoxy) is 1. The van der Waals surface area contributed by atoms with Crippen molar-refractivity contribution >= 4 is 21.8 Å². The van der Waals surface area contributed by atoms with Crippen molar-refractivity contribution in [3.63, 3.8) is 0 Å². The third-order valence-electron chi connectivity index (χ3n) is 2.90. The molecule has 1 aromatic carbocycles. The number of primary amides is 1. The van der Waals surface area contributed by atoms with E-state index in [9.17, 15) is 4.79 Å². The molecule has 0 aliphatic carbocycles. The molecule has 0 fully saturated rings. The van der Waals surface area contributed by atoms with Gasteiger partial charge in [0.15, 0.2) is 0 Å². The predicted octanol–water partition coefficient (Wildman–Crippen LogP) is 2.45. The monoisotopic (exact) mass is 328 g/mol. The molecule has 0 unspecified atom stereocenters. The van der Waals surface area contributed by atoms with Gasteiger partial charge in [-0.3, -0.25) is 4.79 Å². The molecule has 4 nitrogen and oxygen atoms in total. The molecule has 19 heavy (non-hydrogen) atoms. The molecule has 0 spiro atoms. The minimum atomic E-state index is -0.388. The van der Waals surface area contributed by atoms with Gasteiger partial charge in [0.25, 0.3) is 0 Å². The number of hydrogen-bond acceptors (Lipinski definition) is 3. The molecule has 0 aromatic heterocycles. The van der Waals surface area contributed by atoms with Gasteiger partial charge in [0.05, 0.1) is 13.2 Å². The highest BCUT2D eigenvalue weighted by atomic mass is 79.9. The first-order chi connectivity index (χ1) is 8.75. The number of carbonyl (C=O) groups excluding carboxylic acids is 1. The maximum absolute atomic E-state index is 11.5. The highest BCUT2D eigenvalue weighted by molar-refractivity contribution is 9.10. The van der Waals surface area contributed by atoms with E-state index in [0.29, 0.717) is 6.54 Å². The van der Waals surface area contributed by atoms with Crippen LogP contribution in [0.1, 0.15) is 26.3 Å². The smallest absolute Gasteiger partial charge is 0.235 e. The summed E-state index contributed by atoms with van der Waals surface area (Å²) in [5, 5.41) is 3.20. The Kier molecular flexibility index (Phi) is 5.38. The zero-order chi connectivity index (χ0) is 14.6. The van der Waals surface area contributed by atoms with Gasteiger partial charge in [-0.05, 0) is 17.5 Å². The standard InChI is InChI=1S/C14H21BrN2O2/c1-14(2,3)12(13(16)18)17-8-9-5-6-10(15)7-11(9)19-4/h5-7,12,17H,8H2,1-4H3,(H2,16,18)/t12-/m0/s1. The molecule has 0 saturated heterocycles. The normalized spacial score (nSPS) is 13.1. The summed E-state index contributed by atoms with van der Waals surface area (Å²) < 4.78 is 6.27. The number of rotatable bonds is 5. The van der Waals surface area contributed by atoms with Gasteiger partial charge in [-0.15, -0.1) is 0 Å². The van der Waals surface area contributed by atoms with Crippen LogP contribution in [0.15, 0.2) is 22.7 Å². The number of hydrogen-bond donors (Lipinski definition) is 2. The van der Waals surface area contributed by atoms with Crippen molar-refractivity contribution in [1.29, 1.82) is 0 Å². The second kappa shape index (κ2) is 6.39. The van der Waals surface area contributed by atoms with E-state index in [1.165, 1.54) is 0 Å². The quantitative estimate of drug-likeness (QED) is 0.872. The van der Waals surface area contributed by atoms with Gasteiger partial charge in [0, 0.05) is 16.6 Å². The number of nitrogens with one attached hydrogen (secondary N) is 1. The van der Waals surface area contributed by atoms with Crippen LogP contribution in [-0.4, -0.2) is 19.1 Å². The zero-order valence-electron chi connectivity index (χ0n) is 11.8. The molecule has 0 radical (unpaired) electrons. The van der Waals surface area contributed by atoms with Crippen LogP contribution in [0.3, 0.4) is 0 Å². The van der Waals surface area contributed by atoms with Crippen LogP contribution < -0.4 is 15.8 Å². The Morgan fingerprint density at radius 1 is 1.47 bits per heavy atom. The van der Waals surface area contributed by atoms with E-state index in [-0.39, 0.29) is 17.4 Å². The summed E-state index contributed by atoms with van der Waals surface area (Å²) in [7, 11) is 1.63. The lowest BCUT2D eigenvalue weighted by molar-refractivity contribution is -0.122. The van der Waals surface area contributed by atoms with Gasteiger partial charge in [-0.2, -0.15) is 0 Å². The van der Waals surface area contributed by atoms with Gasteiger partial charge < -0.3 is 15.8 Å². The molecule has 1 amide bonds. The Morgan fingerprint density at radius 3 is 2.58 bits per heavy atom. The molecule has 0 aliphatic rings. The van der Waals surface area contributed by atoms with Crippen LogP contribution >= 0.6 is 15.9 Å². The molecule has 1 aromatic rings. The summed E-state index contributed by atoms with van der Waals surface area (Å²) in [6.45, 7) is 6.47. The predicted molar refractivity (Wildman–Crippen MR) is 80.0 cm³/mol. The van der Waals surface area contributed by atoms with E-state index in [4.69, 9.17) is 10.5 Å². The SMILES string of the molecule is COc1cc(Br)ccc1CN[C@@H](C(N)=O)C(C)(C)C. The lowest BCUT2D eigenvalue weighted by Crippen LogP contribution is -2.49. The first-order valence-electron chi connectivity index (χ1n) is 6.11. The second-order valence-corrected chi connectivity index (χ2v) is 6.45. The minimum Gasteiger partial charge on any atom is -0.496 e. The molecule has 0 aliphatic heterocycles. The van der Waals surface area contributed by atoms with Crippen LogP contribution in [0, 0.1) is 5.41 Å². The van der Waals surface area contributed by atoms with E-state index >= 15 is 0 Å². The Labute approximate surface area is 122 Å². The Morgan fingerprint density at radius 2 is 2.11 bits per heavy atom. The summed E-state index contributed by atoms with van der Waals surface area (Å²) in [6.07, 6.45) is 0. The first-order valence-corrected chi connectivity index (χ1v) is 6.90. The summed E-state index contributed by atoms with van der Waals surface area (Å²) in [4.78, 5) is 11.5. The summed E-state index contributed by atoms with van der Waals surface area (Å²) in [5.74, 6) is 0.433. The minimum absolute atomic E-state index is 0.228. The van der Waals surface area contributed by atoms with Gasteiger partial charge in [-0.25, -0.2) is 0 Å². The van der Waals surface area contributed by atoms with Crippen molar-refractivity contribution in [3.05, 3.63) is 28.2 Å². The van der Waals surface area contributed by atoms with Gasteiger partial charge in [0.1, 0.15) is 5.75 Å². The van der Waals surface area contributed by atoms with E-state index in [1.54, 1.807) is 7.11 Å². The molecule has 5 heteroatoms. The van der Waals surface area contributed by atoms with Crippen molar-refractivity contribution in [2.75, 3.05) is 7.11 Å². The average Bonchev–Trinajstić information content (AvgIpc) is 2.28. The molecular formula is C14H21BrN2O2. The lowest BCUT2D eigenvalue weighted by Gasteiger charge is -2.29. The average molecular weight is 329 g/mol. The summed E-state index contributed by atoms with van der Waals surface area (Å²) in [5.41, 5.74) is 6.20. The lowest BCUT2D eigenvalue weighted by atomic mass is 9.86. The summed E-state index contributed by atoms with van der Waals surface area (Å²) >= 11 is 3.40. The zero-order valence-corrected chi connectivity index (χ0v) is 13.4. The molecular weight excluding hydrogens is 308 g/mol. The van der Waals surface area contributed by atoms with Gasteiger partial charge in [0.2, 0.25) is 5.91 Å². The van der Waals surface area contributed by atoms with Gasteiger partial charge >= 0.3 is 0 Å². The van der Waals surface area contributed by atoms with Crippen LogP contribution in [0.5, 0.6) is 5.75 Å². The third kappa shape index (κ3) is 4.51. The molecule has 0 heterocycles. The fraction of sp³-hybridized carbons (Fsp3) is 0.500. The number of nitrogens with two attached hydrogens (primary N) is 1. The molecule has 1 atom stereocenters. The first kappa shape index (κ1) is 16.0. The molecule has 0 saturated carbocycles. The third-order valence-corrected chi connectivity index (χ3v) is 3.39. The van der Waals surface area contributed by atoms with Crippen LogP contribution in [0.4, 0.5) is 0 Å². The van der Waals surface area contributed by atoms with Crippen molar-refractivity contribution in [1.82, 2.24) is 5.32 Å². The molecule has 1 rings (SSSR count). The van der Waals surface area contributed by atoms with E-state index in [0.717, 1.165) is 15.8 Å². The maximum Gasteiger partial charge on any atom is 0.235 e. The Balaban J connectivity index is 2.83. The maximum atomic E-state index is 11.5. The number of benzene rings is 1. The highest BCUT2D eigenvalue weighted by Crippen LogP contribution is 2.25. The van der Waals surface area contributed by atoms with Crippen molar-refractivity contribution in [3.8, 4) is 5.75 Å². The van der Waals surface area contributed by atoms with Crippen LogP contribution in [-0.2, 0) is 11.3 Å². The number of carbonyl (C=O) groups is 1. The number of methoxy groups -OCH3 is 1. The fourth-order valence-electron chi connectivity index (χ4n) is 1.91.